The number of aliphatic hydroxyl groups excluding tert-OH is 4. The molecule has 1 aromatic heterocycles. The number of hydrogen-bond acceptors (Lipinski definition) is 13. The molecule has 8 N–H and O–H groups in total. The van der Waals surface area contributed by atoms with Crippen molar-refractivity contribution in [3.05, 3.63) is 34.5 Å². The number of ether oxygens (including phenoxy) is 3. The molecule has 4 rings (SSSR count). The van der Waals surface area contributed by atoms with Gasteiger partial charge in [-0.3, -0.25) is 4.79 Å². The van der Waals surface area contributed by atoms with Crippen molar-refractivity contribution in [3.8, 4) is 45.8 Å². The van der Waals surface area contributed by atoms with E-state index in [4.69, 9.17) is 18.6 Å². The predicted octanol–water partition coefficient (Wildman–Crippen LogP) is -0.530. The molecule has 0 amide bonds. The fraction of sp³-hybridized carbons (Fsp3) is 0.318. The summed E-state index contributed by atoms with van der Waals surface area (Å²) in [6, 6.07) is 4.12. The van der Waals surface area contributed by atoms with E-state index in [1.807, 2.05) is 0 Å². The summed E-state index contributed by atoms with van der Waals surface area (Å²) in [5.74, 6) is -3.87. The number of hydrogen-bond donors (Lipinski definition) is 8. The first-order valence-electron chi connectivity index (χ1n) is 10.2. The smallest absolute Gasteiger partial charge is 0.239 e. The number of fused-ring (bicyclic) bond motifs is 1. The van der Waals surface area contributed by atoms with E-state index in [0.29, 0.717) is 0 Å². The van der Waals surface area contributed by atoms with Crippen molar-refractivity contribution < 1.29 is 59.5 Å². The third kappa shape index (κ3) is 4.15. The summed E-state index contributed by atoms with van der Waals surface area (Å²) < 4.78 is 21.8. The molecule has 3 aromatic rings. The van der Waals surface area contributed by atoms with Crippen molar-refractivity contribution in [2.24, 2.45) is 0 Å². The lowest BCUT2D eigenvalue weighted by Gasteiger charge is -2.39. The second kappa shape index (κ2) is 9.13. The van der Waals surface area contributed by atoms with Crippen LogP contribution in [-0.2, 0) is 4.74 Å². The van der Waals surface area contributed by atoms with Crippen molar-refractivity contribution in [2.75, 3.05) is 13.7 Å². The van der Waals surface area contributed by atoms with Gasteiger partial charge in [0, 0.05) is 17.7 Å². The van der Waals surface area contributed by atoms with Gasteiger partial charge in [0.05, 0.1) is 13.7 Å². The van der Waals surface area contributed by atoms with Gasteiger partial charge >= 0.3 is 0 Å². The monoisotopic (exact) mass is 494 g/mol. The molecule has 2 aromatic carbocycles. The number of benzene rings is 2. The zero-order valence-electron chi connectivity index (χ0n) is 18.0. The standard InChI is InChI=1S/C22H22O13/c1-32-11-4-8(24)5-12-14(11)17(29)21(20(33-12)7-2-9(25)15(27)10(26)3-7)35-22-19(31)18(30)16(28)13(6-23)34-22/h2-5,13,16,18-19,22-28,30-31H,6H2,1H3/t13-,16+,18?,19?,22+/m1/s1. The summed E-state index contributed by atoms with van der Waals surface area (Å²) >= 11 is 0. The zero-order chi connectivity index (χ0) is 25.6. The Morgan fingerprint density at radius 1 is 0.943 bits per heavy atom. The van der Waals surface area contributed by atoms with Gasteiger partial charge < -0.3 is 59.5 Å². The van der Waals surface area contributed by atoms with E-state index in [2.05, 4.69) is 0 Å². The molecule has 0 radical (unpaired) electrons. The maximum atomic E-state index is 13.5. The van der Waals surface area contributed by atoms with Gasteiger partial charge in [0.15, 0.2) is 23.0 Å². The van der Waals surface area contributed by atoms with E-state index in [-0.39, 0.29) is 28.0 Å². The highest BCUT2D eigenvalue weighted by Gasteiger charge is 2.45. The molecule has 1 fully saturated rings. The van der Waals surface area contributed by atoms with Crippen LogP contribution in [0, 0.1) is 0 Å². The first-order chi connectivity index (χ1) is 16.6. The van der Waals surface area contributed by atoms with Gasteiger partial charge in [0.25, 0.3) is 0 Å². The third-order valence-corrected chi connectivity index (χ3v) is 5.54. The van der Waals surface area contributed by atoms with Crippen LogP contribution in [0.25, 0.3) is 22.3 Å². The van der Waals surface area contributed by atoms with Crippen LogP contribution in [0.15, 0.2) is 33.5 Å². The van der Waals surface area contributed by atoms with Crippen molar-refractivity contribution >= 4 is 11.0 Å². The van der Waals surface area contributed by atoms with E-state index >= 15 is 0 Å². The van der Waals surface area contributed by atoms with Crippen molar-refractivity contribution in [1.82, 2.24) is 0 Å². The minimum Gasteiger partial charge on any atom is -0.508 e. The average molecular weight is 494 g/mol. The second-order valence-electron chi connectivity index (χ2n) is 7.79. The third-order valence-electron chi connectivity index (χ3n) is 5.54. The van der Waals surface area contributed by atoms with Crippen molar-refractivity contribution in [2.45, 2.75) is 30.7 Å². The molecular weight excluding hydrogens is 472 g/mol. The first kappa shape index (κ1) is 24.4. The highest BCUT2D eigenvalue weighted by atomic mass is 16.7. The molecule has 0 bridgehead atoms. The molecule has 1 aliphatic heterocycles. The molecule has 0 spiro atoms. The highest BCUT2D eigenvalue weighted by Crippen LogP contribution is 2.43. The van der Waals surface area contributed by atoms with E-state index in [0.717, 1.165) is 24.3 Å². The number of aliphatic hydroxyl groups is 4. The Labute approximate surface area is 195 Å². The summed E-state index contributed by atoms with van der Waals surface area (Å²) in [4.78, 5) is 13.5. The normalized spacial score (nSPS) is 24.4. The van der Waals surface area contributed by atoms with E-state index < -0.39 is 71.5 Å². The molecule has 1 saturated heterocycles. The maximum Gasteiger partial charge on any atom is 0.239 e. The second-order valence-corrected chi connectivity index (χ2v) is 7.79. The average Bonchev–Trinajstić information content (AvgIpc) is 2.83. The first-order valence-corrected chi connectivity index (χ1v) is 10.2. The number of phenolic OH excluding ortho intramolecular Hbond substituents is 4. The van der Waals surface area contributed by atoms with E-state index in [9.17, 15) is 45.6 Å². The molecule has 2 heterocycles. The molecule has 188 valence electrons. The quantitative estimate of drug-likeness (QED) is 0.209. The summed E-state index contributed by atoms with van der Waals surface area (Å²) in [5.41, 5.74) is -1.25. The van der Waals surface area contributed by atoms with Crippen LogP contribution in [0.4, 0.5) is 0 Å². The Hall–Kier alpha value is -3.75. The van der Waals surface area contributed by atoms with Crippen LogP contribution in [0.1, 0.15) is 0 Å². The summed E-state index contributed by atoms with van der Waals surface area (Å²) in [7, 11) is 1.23. The Balaban J connectivity index is 1.96. The van der Waals surface area contributed by atoms with Crippen LogP contribution in [0.3, 0.4) is 0 Å². The highest BCUT2D eigenvalue weighted by molar-refractivity contribution is 5.89. The van der Waals surface area contributed by atoms with Crippen molar-refractivity contribution in [3.63, 3.8) is 0 Å². The van der Waals surface area contributed by atoms with Crippen LogP contribution in [0.2, 0.25) is 0 Å². The van der Waals surface area contributed by atoms with E-state index in [1.165, 1.54) is 7.11 Å². The summed E-state index contributed by atoms with van der Waals surface area (Å²) in [6.07, 6.45) is -8.50. The summed E-state index contributed by atoms with van der Waals surface area (Å²) in [5, 5.41) is 79.2. The van der Waals surface area contributed by atoms with Gasteiger partial charge in [0.2, 0.25) is 17.5 Å². The number of phenols is 4. The van der Waals surface area contributed by atoms with Gasteiger partial charge in [-0.25, -0.2) is 0 Å². The molecule has 13 nitrogen and oxygen atoms in total. The Morgan fingerprint density at radius 2 is 1.60 bits per heavy atom. The Morgan fingerprint density at radius 3 is 2.20 bits per heavy atom. The van der Waals surface area contributed by atoms with Crippen LogP contribution in [0.5, 0.6) is 34.5 Å². The van der Waals surface area contributed by atoms with Gasteiger partial charge in [0.1, 0.15) is 46.9 Å². The number of methoxy groups -OCH3 is 1. The zero-order valence-corrected chi connectivity index (χ0v) is 18.0. The molecular formula is C22H22O13. The molecule has 1 aliphatic rings. The Kier molecular flexibility index (Phi) is 6.36. The van der Waals surface area contributed by atoms with Crippen molar-refractivity contribution in [1.29, 1.82) is 0 Å². The van der Waals surface area contributed by atoms with E-state index in [1.54, 1.807) is 0 Å². The molecule has 13 heteroatoms. The Bertz CT molecular complexity index is 1290. The number of aromatic hydroxyl groups is 4. The van der Waals surface area contributed by atoms with Gasteiger partial charge in [-0.15, -0.1) is 0 Å². The fourth-order valence-electron chi connectivity index (χ4n) is 3.73. The SMILES string of the molecule is COc1cc(O)cc2oc(-c3cc(O)c(O)c(O)c3)c(O[C@@H]3O[C@H](CO)[C@H](O)C(O)C3O)c(=O)c12. The lowest BCUT2D eigenvalue weighted by atomic mass is 9.99. The minimum absolute atomic E-state index is 0.102. The van der Waals surface area contributed by atoms with Crippen LogP contribution >= 0.6 is 0 Å². The van der Waals surface area contributed by atoms with Crippen LogP contribution < -0.4 is 14.9 Å². The molecule has 35 heavy (non-hydrogen) atoms. The molecule has 0 aliphatic carbocycles. The number of rotatable bonds is 5. The molecule has 5 atom stereocenters. The topological polar surface area (TPSA) is 220 Å². The minimum atomic E-state index is -1.88. The fourth-order valence-corrected chi connectivity index (χ4v) is 3.73. The van der Waals surface area contributed by atoms with Gasteiger partial charge in [-0.2, -0.15) is 0 Å². The lowest BCUT2D eigenvalue weighted by Crippen LogP contribution is -2.60. The van der Waals surface area contributed by atoms with Gasteiger partial charge in [-0.05, 0) is 12.1 Å². The maximum absolute atomic E-state index is 13.5. The van der Waals surface area contributed by atoms with Gasteiger partial charge in [-0.1, -0.05) is 0 Å². The molecule has 2 unspecified atom stereocenters. The largest absolute Gasteiger partial charge is 0.508 e. The van der Waals surface area contributed by atoms with Crippen LogP contribution in [-0.4, -0.2) is 85.3 Å². The lowest BCUT2D eigenvalue weighted by molar-refractivity contribution is -0.277. The predicted molar refractivity (Wildman–Crippen MR) is 116 cm³/mol. The summed E-state index contributed by atoms with van der Waals surface area (Å²) in [6.45, 7) is -0.753. The molecule has 0 saturated carbocycles.